The molecule has 10 heteroatoms. The predicted octanol–water partition coefficient (Wildman–Crippen LogP) is 1.74. The van der Waals surface area contributed by atoms with Crippen LogP contribution in [0.2, 0.25) is 0 Å². The summed E-state index contributed by atoms with van der Waals surface area (Å²) >= 11 is 0. The summed E-state index contributed by atoms with van der Waals surface area (Å²) in [7, 11) is -5.94. The zero-order chi connectivity index (χ0) is 24.3. The van der Waals surface area contributed by atoms with Crippen LogP contribution >= 0.6 is 0 Å². The summed E-state index contributed by atoms with van der Waals surface area (Å²) in [6.45, 7) is 7.37. The van der Waals surface area contributed by atoms with Crippen LogP contribution in [-0.2, 0) is 20.0 Å². The number of aliphatic hydroxyl groups is 1. The molecule has 1 aromatic rings. The highest BCUT2D eigenvalue weighted by atomic mass is 32.2. The van der Waals surface area contributed by atoms with E-state index >= 15 is 0 Å². The third kappa shape index (κ3) is 6.45. The normalized spacial score (nSPS) is 22.3. The van der Waals surface area contributed by atoms with E-state index in [1.165, 1.54) is 21.7 Å². The summed E-state index contributed by atoms with van der Waals surface area (Å²) in [5.41, 5.74) is 0.616. The number of hydrogen-bond donors (Lipinski definition) is 1. The number of likely N-dealkylation sites (N-methyl/N-ethyl adjacent to an activating group) is 1. The van der Waals surface area contributed by atoms with Gasteiger partial charge in [0.2, 0.25) is 20.0 Å². The molecule has 0 fully saturated rings. The second-order valence-corrected chi connectivity index (χ2v) is 12.8. The summed E-state index contributed by atoms with van der Waals surface area (Å²) in [5, 5.41) is 9.68. The second-order valence-electron chi connectivity index (χ2n) is 8.84. The van der Waals surface area contributed by atoms with Gasteiger partial charge in [0.15, 0.2) is 0 Å². The van der Waals surface area contributed by atoms with Crippen molar-refractivity contribution < 1.29 is 26.7 Å². The Balaban J connectivity index is 2.59. The Hall–Kier alpha value is -1.64. The fourth-order valence-corrected chi connectivity index (χ4v) is 5.51. The Morgan fingerprint density at radius 2 is 1.97 bits per heavy atom. The fraction of sp³-hybridized carbons (Fsp3) is 0.636. The van der Waals surface area contributed by atoms with E-state index in [1.807, 2.05) is 6.92 Å². The topological polar surface area (TPSA) is 104 Å². The van der Waals surface area contributed by atoms with Gasteiger partial charge in [-0.3, -0.25) is 0 Å². The van der Waals surface area contributed by atoms with Gasteiger partial charge in [0.05, 0.1) is 19.4 Å². The molecule has 0 bridgehead atoms. The molecule has 0 saturated carbocycles. The number of hydrogen-bond acceptors (Lipinski definition) is 6. The Morgan fingerprint density at radius 3 is 2.53 bits per heavy atom. The van der Waals surface area contributed by atoms with E-state index in [9.17, 15) is 21.9 Å². The summed E-state index contributed by atoms with van der Waals surface area (Å²) in [4.78, 5) is -0.0221. The standard InChI is InChI=1S/C22H34N2O6S2/c1-16(2)8-7-9-19-10-11-22-20(12-19)30-21(14-23(5)31(6,26)27)17(3)13-24(18(4)15-25)32(22,28)29/h10-12,16-18,21,25H,8,13-15H2,1-6H3/t17-,18+,21-/m0/s1. The van der Waals surface area contributed by atoms with Crippen molar-refractivity contribution in [3.05, 3.63) is 23.8 Å². The number of rotatable bonds is 6. The first kappa shape index (κ1) is 26.6. The first-order valence-corrected chi connectivity index (χ1v) is 13.9. The first-order valence-electron chi connectivity index (χ1n) is 10.6. The Bertz CT molecular complexity index is 1070. The summed E-state index contributed by atoms with van der Waals surface area (Å²) in [5.74, 6) is 6.32. The van der Waals surface area contributed by atoms with Crippen molar-refractivity contribution in [3.63, 3.8) is 0 Å². The van der Waals surface area contributed by atoms with Crippen LogP contribution in [0.5, 0.6) is 5.75 Å². The van der Waals surface area contributed by atoms with Crippen molar-refractivity contribution in [2.75, 3.05) is 33.0 Å². The smallest absolute Gasteiger partial charge is 0.247 e. The molecule has 0 aliphatic carbocycles. The lowest BCUT2D eigenvalue weighted by Gasteiger charge is -2.37. The number of benzene rings is 1. The third-order valence-corrected chi connectivity index (χ3v) is 8.71. The second kappa shape index (κ2) is 10.5. The molecule has 3 atom stereocenters. The molecule has 32 heavy (non-hydrogen) atoms. The van der Waals surface area contributed by atoms with Crippen LogP contribution in [0.3, 0.4) is 0 Å². The van der Waals surface area contributed by atoms with Crippen LogP contribution in [0, 0.1) is 23.7 Å². The molecule has 0 radical (unpaired) electrons. The zero-order valence-electron chi connectivity index (χ0n) is 19.6. The van der Waals surface area contributed by atoms with Gasteiger partial charge >= 0.3 is 0 Å². The van der Waals surface area contributed by atoms with Gasteiger partial charge in [0, 0.05) is 37.5 Å². The Kier molecular flexibility index (Phi) is 8.76. The molecule has 0 saturated heterocycles. The lowest BCUT2D eigenvalue weighted by molar-refractivity contribution is 0.0905. The summed E-state index contributed by atoms with van der Waals surface area (Å²) in [6.07, 6.45) is 1.22. The van der Waals surface area contributed by atoms with Crippen LogP contribution in [0.1, 0.15) is 39.7 Å². The summed E-state index contributed by atoms with van der Waals surface area (Å²) < 4.78 is 59.4. The Morgan fingerprint density at radius 1 is 1.31 bits per heavy atom. The van der Waals surface area contributed by atoms with Crippen molar-refractivity contribution >= 4 is 20.0 Å². The fourth-order valence-electron chi connectivity index (χ4n) is 3.27. The third-order valence-electron chi connectivity index (χ3n) is 5.41. The molecule has 1 aromatic carbocycles. The monoisotopic (exact) mass is 486 g/mol. The van der Waals surface area contributed by atoms with E-state index in [-0.39, 0.29) is 36.3 Å². The highest BCUT2D eigenvalue weighted by Crippen LogP contribution is 2.34. The predicted molar refractivity (Wildman–Crippen MR) is 124 cm³/mol. The molecule has 1 heterocycles. The number of aliphatic hydroxyl groups excluding tert-OH is 1. The SMILES string of the molecule is CC(C)CC#Cc1ccc2c(c1)O[C@@H](CN(C)S(C)(=O)=O)[C@@H](C)CN([C@H](C)CO)S2(=O)=O. The van der Waals surface area contributed by atoms with Gasteiger partial charge in [-0.25, -0.2) is 21.1 Å². The molecule has 1 N–H and O–H groups in total. The van der Waals surface area contributed by atoms with E-state index < -0.39 is 32.2 Å². The molecular formula is C22H34N2O6S2. The molecule has 1 aliphatic heterocycles. The maximum Gasteiger partial charge on any atom is 0.247 e. The molecule has 8 nitrogen and oxygen atoms in total. The number of fused-ring (bicyclic) bond motifs is 1. The van der Waals surface area contributed by atoms with Gasteiger partial charge in [-0.05, 0) is 31.0 Å². The van der Waals surface area contributed by atoms with E-state index in [2.05, 4.69) is 25.7 Å². The zero-order valence-corrected chi connectivity index (χ0v) is 21.2. The van der Waals surface area contributed by atoms with Crippen molar-refractivity contribution in [3.8, 4) is 17.6 Å². The average Bonchev–Trinajstić information content (AvgIpc) is 2.68. The molecule has 0 spiro atoms. The van der Waals surface area contributed by atoms with Crippen molar-refractivity contribution in [2.24, 2.45) is 11.8 Å². The van der Waals surface area contributed by atoms with Crippen LogP contribution < -0.4 is 4.74 Å². The first-order chi connectivity index (χ1) is 14.8. The largest absolute Gasteiger partial charge is 0.487 e. The molecule has 180 valence electrons. The Labute approximate surface area is 192 Å². The van der Waals surface area contributed by atoms with E-state index in [4.69, 9.17) is 4.74 Å². The average molecular weight is 487 g/mol. The van der Waals surface area contributed by atoms with Crippen molar-refractivity contribution in [1.82, 2.24) is 8.61 Å². The van der Waals surface area contributed by atoms with Gasteiger partial charge in [-0.1, -0.05) is 32.6 Å². The van der Waals surface area contributed by atoms with Crippen LogP contribution in [0.25, 0.3) is 0 Å². The van der Waals surface area contributed by atoms with Crippen LogP contribution in [0.15, 0.2) is 23.1 Å². The highest BCUT2D eigenvalue weighted by Gasteiger charge is 2.38. The lowest BCUT2D eigenvalue weighted by Crippen LogP contribution is -2.50. The lowest BCUT2D eigenvalue weighted by atomic mass is 10.0. The molecule has 0 aromatic heterocycles. The van der Waals surface area contributed by atoms with Crippen molar-refractivity contribution in [1.29, 1.82) is 0 Å². The molecule has 1 aliphatic rings. The quantitative estimate of drug-likeness (QED) is 0.615. The van der Waals surface area contributed by atoms with E-state index in [0.717, 1.165) is 6.26 Å². The molecule has 0 unspecified atom stereocenters. The van der Waals surface area contributed by atoms with Gasteiger partial charge in [0.25, 0.3) is 0 Å². The molecule has 0 amide bonds. The molecule has 2 rings (SSSR count). The van der Waals surface area contributed by atoms with E-state index in [0.29, 0.717) is 17.9 Å². The minimum Gasteiger partial charge on any atom is -0.487 e. The van der Waals surface area contributed by atoms with Crippen LogP contribution in [0.4, 0.5) is 0 Å². The minimum absolute atomic E-state index is 0.0221. The van der Waals surface area contributed by atoms with Gasteiger partial charge in [-0.15, -0.1) is 0 Å². The van der Waals surface area contributed by atoms with Gasteiger partial charge < -0.3 is 9.84 Å². The summed E-state index contributed by atoms with van der Waals surface area (Å²) in [6, 6.07) is 4.05. The minimum atomic E-state index is -3.95. The van der Waals surface area contributed by atoms with Gasteiger partial charge in [0.1, 0.15) is 16.7 Å². The van der Waals surface area contributed by atoms with Crippen LogP contribution in [-0.4, -0.2) is 75.7 Å². The maximum absolute atomic E-state index is 13.4. The van der Waals surface area contributed by atoms with Gasteiger partial charge in [-0.2, -0.15) is 4.31 Å². The number of sulfonamides is 2. The van der Waals surface area contributed by atoms with Crippen molar-refractivity contribution in [2.45, 2.75) is 51.2 Å². The number of nitrogens with zero attached hydrogens (tertiary/aromatic N) is 2. The molecular weight excluding hydrogens is 452 g/mol. The number of ether oxygens (including phenoxy) is 1. The highest BCUT2D eigenvalue weighted by molar-refractivity contribution is 7.89. The maximum atomic E-state index is 13.4. The van der Waals surface area contributed by atoms with E-state index in [1.54, 1.807) is 19.1 Å².